The smallest absolute Gasteiger partial charge is 0.252 e. The molecule has 1 heterocycles. The Morgan fingerprint density at radius 1 is 1.06 bits per heavy atom. The first kappa shape index (κ1) is 23.7. The number of alkyl halides is 2. The molecular formula is C23H20F5N3O3. The Morgan fingerprint density at radius 3 is 2.24 bits per heavy atom. The second kappa shape index (κ2) is 8.37. The van der Waals surface area contributed by atoms with Crippen LogP contribution in [-0.2, 0) is 14.4 Å². The van der Waals surface area contributed by atoms with E-state index in [4.69, 9.17) is 5.73 Å². The van der Waals surface area contributed by atoms with Crippen LogP contribution >= 0.6 is 0 Å². The van der Waals surface area contributed by atoms with Crippen molar-refractivity contribution in [2.45, 2.75) is 49.1 Å². The molecule has 2 aliphatic rings. The molecule has 34 heavy (non-hydrogen) atoms. The molecule has 3 N–H and O–H groups in total. The van der Waals surface area contributed by atoms with Gasteiger partial charge in [0.25, 0.3) is 5.92 Å². The SMILES string of the molecule is NC(=O)C1([C@@H](C(=O)NC2CC(F)(F)C2)c2ccccc2F)CCC(=O)N1c1cc(F)cc(F)c1. The molecule has 0 radical (unpaired) electrons. The van der Waals surface area contributed by atoms with Gasteiger partial charge in [0.15, 0.2) is 0 Å². The molecule has 0 bridgehead atoms. The summed E-state index contributed by atoms with van der Waals surface area (Å²) in [5.41, 5.74) is 2.74. The van der Waals surface area contributed by atoms with E-state index in [-0.39, 0.29) is 24.1 Å². The van der Waals surface area contributed by atoms with Crippen molar-refractivity contribution in [2.24, 2.45) is 5.73 Å². The summed E-state index contributed by atoms with van der Waals surface area (Å²) < 4.78 is 69.6. The fourth-order valence-electron chi connectivity index (χ4n) is 4.81. The van der Waals surface area contributed by atoms with E-state index >= 15 is 0 Å². The van der Waals surface area contributed by atoms with Gasteiger partial charge in [0.1, 0.15) is 23.0 Å². The number of hydrogen-bond acceptors (Lipinski definition) is 3. The van der Waals surface area contributed by atoms with E-state index in [1.807, 2.05) is 0 Å². The van der Waals surface area contributed by atoms with Gasteiger partial charge in [0.2, 0.25) is 17.7 Å². The molecule has 6 nitrogen and oxygen atoms in total. The lowest BCUT2D eigenvalue weighted by molar-refractivity contribution is -0.136. The second-order valence-electron chi connectivity index (χ2n) is 8.57. The molecule has 2 atom stereocenters. The zero-order valence-electron chi connectivity index (χ0n) is 17.7. The van der Waals surface area contributed by atoms with Crippen molar-refractivity contribution < 1.29 is 36.3 Å². The number of carbonyl (C=O) groups excluding carboxylic acids is 3. The summed E-state index contributed by atoms with van der Waals surface area (Å²) in [5, 5.41) is 2.38. The number of primary amides is 1. The average Bonchev–Trinajstić information content (AvgIpc) is 3.05. The highest BCUT2D eigenvalue weighted by Crippen LogP contribution is 2.46. The topological polar surface area (TPSA) is 92.5 Å². The quantitative estimate of drug-likeness (QED) is 0.621. The third kappa shape index (κ3) is 3.99. The Kier molecular flexibility index (Phi) is 5.82. The van der Waals surface area contributed by atoms with Gasteiger partial charge >= 0.3 is 0 Å². The van der Waals surface area contributed by atoms with Crippen molar-refractivity contribution in [3.8, 4) is 0 Å². The number of amides is 3. The number of nitrogens with zero attached hydrogens (tertiary/aromatic N) is 1. The maximum Gasteiger partial charge on any atom is 0.252 e. The molecule has 11 heteroatoms. The zero-order valence-corrected chi connectivity index (χ0v) is 17.7. The second-order valence-corrected chi connectivity index (χ2v) is 8.57. The summed E-state index contributed by atoms with van der Waals surface area (Å²) in [6.07, 6.45) is -2.00. The van der Waals surface area contributed by atoms with Gasteiger partial charge in [0.05, 0.1) is 11.6 Å². The van der Waals surface area contributed by atoms with Crippen LogP contribution in [0.4, 0.5) is 27.6 Å². The summed E-state index contributed by atoms with van der Waals surface area (Å²) in [7, 11) is 0. The summed E-state index contributed by atoms with van der Waals surface area (Å²) >= 11 is 0. The predicted molar refractivity (Wildman–Crippen MR) is 110 cm³/mol. The van der Waals surface area contributed by atoms with Gasteiger partial charge in [-0.15, -0.1) is 0 Å². The molecule has 2 aromatic rings. The Morgan fingerprint density at radius 2 is 1.68 bits per heavy atom. The van der Waals surface area contributed by atoms with Crippen molar-refractivity contribution in [3.05, 3.63) is 65.5 Å². The maximum absolute atomic E-state index is 14.9. The Balaban J connectivity index is 1.87. The molecular weight excluding hydrogens is 461 g/mol. The minimum atomic E-state index is -2.97. The normalized spacial score (nSPS) is 22.9. The number of nitrogens with one attached hydrogen (secondary N) is 1. The van der Waals surface area contributed by atoms with Crippen LogP contribution in [0, 0.1) is 17.5 Å². The van der Waals surface area contributed by atoms with Crippen molar-refractivity contribution >= 4 is 23.4 Å². The largest absolute Gasteiger partial charge is 0.368 e. The predicted octanol–water partition coefficient (Wildman–Crippen LogP) is 3.15. The molecule has 2 aromatic carbocycles. The third-order valence-electron chi connectivity index (χ3n) is 6.29. The Hall–Kier alpha value is -3.50. The number of carbonyl (C=O) groups is 3. The van der Waals surface area contributed by atoms with Gasteiger partial charge in [-0.25, -0.2) is 22.0 Å². The standard InChI is InChI=1S/C23H20F5N3O3/c24-12-7-13(25)9-15(8-12)31-18(32)5-6-23(31,21(29)34)19(16-3-1-2-4-17(16)26)20(33)30-14-10-22(27,28)11-14/h1-4,7-9,14,19H,5-6,10-11H2,(H2,29,34)(H,30,33)/t19-,23?/m1/s1. The van der Waals surface area contributed by atoms with Gasteiger partial charge in [0, 0.05) is 36.9 Å². The summed E-state index contributed by atoms with van der Waals surface area (Å²) in [4.78, 5) is 40.0. The average molecular weight is 481 g/mol. The van der Waals surface area contributed by atoms with Gasteiger partial charge < -0.3 is 11.1 Å². The highest BCUT2D eigenvalue weighted by Gasteiger charge is 2.60. The van der Waals surface area contributed by atoms with Crippen LogP contribution in [0.1, 0.15) is 37.2 Å². The fourth-order valence-corrected chi connectivity index (χ4v) is 4.81. The lowest BCUT2D eigenvalue weighted by atomic mass is 9.74. The molecule has 1 aliphatic carbocycles. The van der Waals surface area contributed by atoms with Crippen LogP contribution in [0.25, 0.3) is 0 Å². The van der Waals surface area contributed by atoms with E-state index < -0.39 is 71.4 Å². The van der Waals surface area contributed by atoms with Crippen molar-refractivity contribution in [3.63, 3.8) is 0 Å². The Labute approximate surface area is 190 Å². The highest BCUT2D eigenvalue weighted by molar-refractivity contribution is 6.10. The molecule has 180 valence electrons. The lowest BCUT2D eigenvalue weighted by Crippen LogP contribution is -2.63. The van der Waals surface area contributed by atoms with Crippen molar-refractivity contribution in [1.82, 2.24) is 5.32 Å². The minimum absolute atomic E-state index is 0.318. The minimum Gasteiger partial charge on any atom is -0.368 e. The number of anilines is 1. The molecule has 2 fully saturated rings. The zero-order chi connectivity index (χ0) is 24.8. The molecule has 1 saturated heterocycles. The highest BCUT2D eigenvalue weighted by atomic mass is 19.3. The van der Waals surface area contributed by atoms with E-state index in [1.165, 1.54) is 18.2 Å². The van der Waals surface area contributed by atoms with Gasteiger partial charge in [-0.05, 0) is 24.6 Å². The lowest BCUT2D eigenvalue weighted by Gasteiger charge is -2.43. The number of nitrogens with two attached hydrogens (primary N) is 1. The van der Waals surface area contributed by atoms with E-state index in [0.717, 1.165) is 18.2 Å². The molecule has 0 aromatic heterocycles. The monoisotopic (exact) mass is 481 g/mol. The number of rotatable bonds is 6. The van der Waals surface area contributed by atoms with Crippen molar-refractivity contribution in [2.75, 3.05) is 4.90 Å². The van der Waals surface area contributed by atoms with Crippen LogP contribution in [0.3, 0.4) is 0 Å². The van der Waals surface area contributed by atoms with Crippen LogP contribution in [0.2, 0.25) is 0 Å². The van der Waals surface area contributed by atoms with E-state index in [0.29, 0.717) is 11.0 Å². The summed E-state index contributed by atoms with van der Waals surface area (Å²) in [6.45, 7) is 0. The van der Waals surface area contributed by atoms with E-state index in [9.17, 15) is 36.3 Å². The first-order valence-electron chi connectivity index (χ1n) is 10.5. The summed E-state index contributed by atoms with van der Waals surface area (Å²) in [5.74, 6) is -10.8. The number of halogens is 5. The van der Waals surface area contributed by atoms with Crippen molar-refractivity contribution in [1.29, 1.82) is 0 Å². The molecule has 4 rings (SSSR count). The summed E-state index contributed by atoms with van der Waals surface area (Å²) in [6, 6.07) is 6.11. The molecule has 0 spiro atoms. The van der Waals surface area contributed by atoms with Crippen LogP contribution in [0.5, 0.6) is 0 Å². The van der Waals surface area contributed by atoms with Gasteiger partial charge in [-0.2, -0.15) is 0 Å². The molecule has 1 aliphatic heterocycles. The first-order valence-corrected chi connectivity index (χ1v) is 10.5. The van der Waals surface area contributed by atoms with Crippen LogP contribution in [-0.4, -0.2) is 35.2 Å². The third-order valence-corrected chi connectivity index (χ3v) is 6.29. The number of hydrogen-bond donors (Lipinski definition) is 2. The molecule has 1 unspecified atom stereocenters. The first-order chi connectivity index (χ1) is 15.9. The fraction of sp³-hybridized carbons (Fsp3) is 0.348. The van der Waals surface area contributed by atoms with Crippen LogP contribution < -0.4 is 16.0 Å². The van der Waals surface area contributed by atoms with E-state index in [1.54, 1.807) is 0 Å². The van der Waals surface area contributed by atoms with Gasteiger partial charge in [-0.1, -0.05) is 18.2 Å². The number of benzene rings is 2. The van der Waals surface area contributed by atoms with E-state index in [2.05, 4.69) is 5.32 Å². The molecule has 3 amide bonds. The maximum atomic E-state index is 14.9. The van der Waals surface area contributed by atoms with Gasteiger partial charge in [-0.3, -0.25) is 19.3 Å². The molecule has 1 saturated carbocycles. The Bertz CT molecular complexity index is 1150. The van der Waals surface area contributed by atoms with Crippen LogP contribution in [0.15, 0.2) is 42.5 Å².